The number of aliphatic hydroxyl groups is 1. The molecule has 1 aromatic carbocycles. The Balaban J connectivity index is 1.72. The van der Waals surface area contributed by atoms with Crippen LogP contribution in [0.3, 0.4) is 0 Å². The van der Waals surface area contributed by atoms with Gasteiger partial charge in [0.25, 0.3) is 0 Å². The summed E-state index contributed by atoms with van der Waals surface area (Å²) in [5, 5.41) is 12.7. The van der Waals surface area contributed by atoms with Gasteiger partial charge in [0, 0.05) is 37.5 Å². The molecule has 0 bridgehead atoms. The number of nitrogens with one attached hydrogen (secondary N) is 1. The van der Waals surface area contributed by atoms with E-state index in [2.05, 4.69) is 32.3 Å². The van der Waals surface area contributed by atoms with Gasteiger partial charge >= 0.3 is 0 Å². The summed E-state index contributed by atoms with van der Waals surface area (Å²) in [5.74, 6) is 1.52. The zero-order valence-electron chi connectivity index (χ0n) is 12.3. The summed E-state index contributed by atoms with van der Waals surface area (Å²) >= 11 is 6.05. The van der Waals surface area contributed by atoms with E-state index in [4.69, 9.17) is 16.7 Å². The molecule has 0 saturated heterocycles. The lowest BCUT2D eigenvalue weighted by Gasteiger charge is -2.30. The van der Waals surface area contributed by atoms with Crippen LogP contribution in [-0.2, 0) is 13.0 Å². The Labute approximate surface area is 135 Å². The Hall–Kier alpha value is -1.85. The Morgan fingerprint density at radius 2 is 2.18 bits per heavy atom. The molecule has 5 nitrogen and oxygen atoms in total. The van der Waals surface area contributed by atoms with Crippen molar-refractivity contribution in [1.29, 1.82) is 0 Å². The van der Waals surface area contributed by atoms with Gasteiger partial charge in [-0.3, -0.25) is 0 Å². The van der Waals surface area contributed by atoms with E-state index in [-0.39, 0.29) is 6.61 Å². The number of hydrogen-bond donors (Lipinski definition) is 2. The van der Waals surface area contributed by atoms with Crippen LogP contribution in [0.15, 0.2) is 30.5 Å². The minimum Gasteiger partial charge on any atom is -0.396 e. The minimum absolute atomic E-state index is 0.165. The van der Waals surface area contributed by atoms with Gasteiger partial charge in [0.2, 0.25) is 5.95 Å². The first-order valence-electron chi connectivity index (χ1n) is 7.46. The average Bonchev–Trinajstić information content (AvgIpc) is 2.55. The molecule has 2 N–H and O–H groups in total. The first-order valence-corrected chi connectivity index (χ1v) is 7.84. The van der Waals surface area contributed by atoms with Crippen molar-refractivity contribution in [2.75, 3.05) is 29.9 Å². The molecule has 0 amide bonds. The van der Waals surface area contributed by atoms with E-state index in [9.17, 15) is 0 Å². The Bertz CT molecular complexity index is 650. The van der Waals surface area contributed by atoms with Crippen LogP contribution in [0.5, 0.6) is 0 Å². The molecule has 0 fully saturated rings. The summed E-state index contributed by atoms with van der Waals surface area (Å²) in [6.07, 6.45) is 3.42. The summed E-state index contributed by atoms with van der Waals surface area (Å²) in [7, 11) is 0. The molecule has 1 aromatic heterocycles. The van der Waals surface area contributed by atoms with Crippen LogP contribution in [-0.4, -0.2) is 34.8 Å². The van der Waals surface area contributed by atoms with Gasteiger partial charge in [-0.1, -0.05) is 17.7 Å². The minimum atomic E-state index is 0.165. The first kappa shape index (κ1) is 15.1. The molecule has 0 atom stereocenters. The quantitative estimate of drug-likeness (QED) is 0.829. The standard InChI is InChI=1S/C16H19ClN4O/c17-14-3-2-13-11-21(8-5-12(13)10-14)15-4-7-19-16(20-15)18-6-1-9-22/h2-4,7,10,22H,1,5-6,8-9,11H2,(H,18,19,20). The van der Waals surface area contributed by atoms with Gasteiger partial charge in [0.1, 0.15) is 5.82 Å². The van der Waals surface area contributed by atoms with E-state index >= 15 is 0 Å². The van der Waals surface area contributed by atoms with Crippen molar-refractivity contribution in [2.24, 2.45) is 0 Å². The van der Waals surface area contributed by atoms with Gasteiger partial charge in [-0.05, 0) is 42.2 Å². The zero-order chi connectivity index (χ0) is 15.4. The molecule has 0 unspecified atom stereocenters. The van der Waals surface area contributed by atoms with E-state index in [0.717, 1.165) is 30.4 Å². The van der Waals surface area contributed by atoms with Crippen LogP contribution in [0.2, 0.25) is 5.02 Å². The number of benzene rings is 1. The largest absolute Gasteiger partial charge is 0.396 e. The average molecular weight is 319 g/mol. The molecule has 1 aliphatic rings. The van der Waals surface area contributed by atoms with Crippen molar-refractivity contribution in [3.05, 3.63) is 46.6 Å². The lowest BCUT2D eigenvalue weighted by Crippen LogP contribution is -2.31. The number of hydrogen-bond acceptors (Lipinski definition) is 5. The number of aromatic nitrogens is 2. The lowest BCUT2D eigenvalue weighted by molar-refractivity contribution is 0.292. The second kappa shape index (κ2) is 6.94. The molecule has 116 valence electrons. The van der Waals surface area contributed by atoms with E-state index in [0.29, 0.717) is 18.9 Å². The van der Waals surface area contributed by atoms with Crippen LogP contribution in [0.1, 0.15) is 17.5 Å². The monoisotopic (exact) mass is 318 g/mol. The van der Waals surface area contributed by atoms with E-state index in [1.54, 1.807) is 6.20 Å². The summed E-state index contributed by atoms with van der Waals surface area (Å²) in [6, 6.07) is 8.01. The molecule has 0 saturated carbocycles. The van der Waals surface area contributed by atoms with Crippen molar-refractivity contribution < 1.29 is 5.11 Å². The second-order valence-corrected chi connectivity index (χ2v) is 5.76. The van der Waals surface area contributed by atoms with Gasteiger partial charge in [-0.15, -0.1) is 0 Å². The van der Waals surface area contributed by atoms with Crippen molar-refractivity contribution in [2.45, 2.75) is 19.4 Å². The van der Waals surface area contributed by atoms with Crippen LogP contribution >= 0.6 is 11.6 Å². The maximum Gasteiger partial charge on any atom is 0.224 e. The predicted molar refractivity (Wildman–Crippen MR) is 88.4 cm³/mol. The molecule has 2 heterocycles. The Morgan fingerprint density at radius 3 is 3.05 bits per heavy atom. The van der Waals surface area contributed by atoms with Crippen molar-refractivity contribution in [1.82, 2.24) is 9.97 Å². The maximum absolute atomic E-state index is 8.82. The van der Waals surface area contributed by atoms with E-state index in [1.165, 1.54) is 11.1 Å². The summed E-state index contributed by atoms with van der Waals surface area (Å²) in [4.78, 5) is 11.0. The Kier molecular flexibility index (Phi) is 4.75. The third kappa shape index (κ3) is 3.48. The smallest absolute Gasteiger partial charge is 0.224 e. The normalized spacial score (nSPS) is 13.8. The molecule has 0 radical (unpaired) electrons. The lowest BCUT2D eigenvalue weighted by atomic mass is 10.00. The van der Waals surface area contributed by atoms with E-state index in [1.807, 2.05) is 12.1 Å². The van der Waals surface area contributed by atoms with Gasteiger partial charge < -0.3 is 15.3 Å². The molecule has 0 spiro atoms. The molecule has 2 aromatic rings. The summed E-state index contributed by atoms with van der Waals surface area (Å²) < 4.78 is 0. The number of nitrogens with zero attached hydrogens (tertiary/aromatic N) is 3. The fraction of sp³-hybridized carbons (Fsp3) is 0.375. The van der Waals surface area contributed by atoms with Crippen LogP contribution in [0.25, 0.3) is 0 Å². The predicted octanol–water partition coefficient (Wildman–Crippen LogP) is 2.49. The topological polar surface area (TPSA) is 61.3 Å². The van der Waals surface area contributed by atoms with E-state index < -0.39 is 0 Å². The molecule has 6 heteroatoms. The maximum atomic E-state index is 8.82. The SMILES string of the molecule is OCCCNc1nccc(N2CCc3cc(Cl)ccc3C2)n1. The highest BCUT2D eigenvalue weighted by Crippen LogP contribution is 2.25. The summed E-state index contributed by atoms with van der Waals surface area (Å²) in [6.45, 7) is 2.58. The van der Waals surface area contributed by atoms with Crippen LogP contribution < -0.4 is 10.2 Å². The van der Waals surface area contributed by atoms with Crippen molar-refractivity contribution >= 4 is 23.4 Å². The number of halogens is 1. The van der Waals surface area contributed by atoms with Gasteiger partial charge in [0.05, 0.1) is 0 Å². The molecular formula is C16H19ClN4O. The fourth-order valence-electron chi connectivity index (χ4n) is 2.61. The van der Waals surface area contributed by atoms with Crippen LogP contribution in [0, 0.1) is 0 Å². The van der Waals surface area contributed by atoms with Crippen molar-refractivity contribution in [3.8, 4) is 0 Å². The number of fused-ring (bicyclic) bond motifs is 1. The highest BCUT2D eigenvalue weighted by molar-refractivity contribution is 6.30. The summed E-state index contributed by atoms with van der Waals surface area (Å²) in [5.41, 5.74) is 2.61. The third-order valence-corrected chi connectivity index (χ3v) is 4.00. The zero-order valence-corrected chi connectivity index (χ0v) is 13.1. The molecule has 1 aliphatic heterocycles. The highest BCUT2D eigenvalue weighted by Gasteiger charge is 2.18. The second-order valence-electron chi connectivity index (χ2n) is 5.33. The number of rotatable bonds is 5. The number of anilines is 2. The molecular weight excluding hydrogens is 300 g/mol. The first-order chi connectivity index (χ1) is 10.8. The molecule has 22 heavy (non-hydrogen) atoms. The molecule has 3 rings (SSSR count). The van der Waals surface area contributed by atoms with Gasteiger partial charge in [-0.2, -0.15) is 4.98 Å². The van der Waals surface area contributed by atoms with Crippen molar-refractivity contribution in [3.63, 3.8) is 0 Å². The molecule has 0 aliphatic carbocycles. The Morgan fingerprint density at radius 1 is 1.27 bits per heavy atom. The van der Waals surface area contributed by atoms with Gasteiger partial charge in [0.15, 0.2) is 0 Å². The number of aliphatic hydroxyl groups excluding tert-OH is 1. The fourth-order valence-corrected chi connectivity index (χ4v) is 2.80. The highest BCUT2D eigenvalue weighted by atomic mass is 35.5. The van der Waals surface area contributed by atoms with Crippen LogP contribution in [0.4, 0.5) is 11.8 Å². The third-order valence-electron chi connectivity index (χ3n) is 3.76. The van der Waals surface area contributed by atoms with Gasteiger partial charge in [-0.25, -0.2) is 4.98 Å².